The van der Waals surface area contributed by atoms with Gasteiger partial charge in [0, 0.05) is 23.3 Å². The Kier molecular flexibility index (Phi) is 3.88. The van der Waals surface area contributed by atoms with Crippen LogP contribution in [0.3, 0.4) is 0 Å². The van der Waals surface area contributed by atoms with Gasteiger partial charge in [-0.15, -0.1) is 0 Å². The van der Waals surface area contributed by atoms with E-state index in [0.717, 1.165) is 22.6 Å². The number of aromatic nitrogens is 1. The van der Waals surface area contributed by atoms with Crippen molar-refractivity contribution in [3.63, 3.8) is 0 Å². The summed E-state index contributed by atoms with van der Waals surface area (Å²) in [5.74, 6) is 1.81. The molecule has 3 aromatic carbocycles. The minimum atomic E-state index is 0.906. The highest BCUT2D eigenvalue weighted by atomic mass is 32.1. The number of para-hydroxylation sites is 3. The van der Waals surface area contributed by atoms with E-state index < -0.39 is 0 Å². The van der Waals surface area contributed by atoms with Crippen molar-refractivity contribution < 1.29 is 9.30 Å². The van der Waals surface area contributed by atoms with Crippen LogP contribution in [0.25, 0.3) is 21.9 Å². The SMILES string of the molecule is C[n+]1c(/C=C/C=C2c3ccccc3Oc3ccccc32)sc2ccccc21. The molecule has 0 atom stereocenters. The molecule has 0 radical (unpaired) electrons. The van der Waals surface area contributed by atoms with Gasteiger partial charge in [-0.1, -0.05) is 72.0 Å². The van der Waals surface area contributed by atoms with Crippen LogP contribution < -0.4 is 9.30 Å². The lowest BCUT2D eigenvalue weighted by atomic mass is 9.93. The molecule has 1 aromatic heterocycles. The second kappa shape index (κ2) is 6.53. The number of fused-ring (bicyclic) bond motifs is 3. The Morgan fingerprint density at radius 2 is 1.44 bits per heavy atom. The van der Waals surface area contributed by atoms with Crippen LogP contribution in [0.4, 0.5) is 0 Å². The van der Waals surface area contributed by atoms with Crippen LogP contribution in [0.1, 0.15) is 16.1 Å². The third kappa shape index (κ3) is 2.77. The molecule has 4 aromatic rings. The third-order valence-corrected chi connectivity index (χ3v) is 6.03. The standard InChI is InChI=1S/C24H18NOS/c1-25-20-12-4-7-15-23(20)27-24(25)16-8-11-17-18-9-2-5-13-21(18)26-22-14-6-3-10-19(17)22/h2-16H,1H3/q+1/b16-8+. The molecule has 27 heavy (non-hydrogen) atoms. The average molecular weight is 368 g/mol. The number of ether oxygens (including phenoxy) is 1. The fourth-order valence-electron chi connectivity index (χ4n) is 3.49. The van der Waals surface area contributed by atoms with Crippen molar-refractivity contribution in [3.05, 3.63) is 101 Å². The number of allylic oxidation sites excluding steroid dienone is 2. The van der Waals surface area contributed by atoms with Gasteiger partial charge in [-0.2, -0.15) is 4.57 Å². The summed E-state index contributed by atoms with van der Waals surface area (Å²) >= 11 is 1.80. The fourth-order valence-corrected chi connectivity index (χ4v) is 4.56. The molecular weight excluding hydrogens is 350 g/mol. The molecule has 0 unspecified atom stereocenters. The van der Waals surface area contributed by atoms with Gasteiger partial charge in [-0.3, -0.25) is 0 Å². The van der Waals surface area contributed by atoms with Gasteiger partial charge in [0.2, 0.25) is 5.52 Å². The van der Waals surface area contributed by atoms with Gasteiger partial charge in [-0.05, 0) is 23.8 Å². The molecule has 0 N–H and O–H groups in total. The molecule has 0 fully saturated rings. The topological polar surface area (TPSA) is 13.1 Å². The zero-order valence-corrected chi connectivity index (χ0v) is 15.7. The molecule has 0 spiro atoms. The monoisotopic (exact) mass is 368 g/mol. The minimum absolute atomic E-state index is 0.906. The highest BCUT2D eigenvalue weighted by Gasteiger charge is 2.20. The van der Waals surface area contributed by atoms with E-state index in [0.29, 0.717) is 0 Å². The maximum Gasteiger partial charge on any atom is 0.262 e. The summed E-state index contributed by atoms with van der Waals surface area (Å²) in [6.45, 7) is 0. The van der Waals surface area contributed by atoms with Gasteiger partial charge in [0.05, 0.1) is 0 Å². The number of nitrogens with zero attached hydrogens (tertiary/aromatic N) is 1. The molecule has 0 saturated carbocycles. The van der Waals surface area contributed by atoms with Crippen LogP contribution in [0.5, 0.6) is 11.5 Å². The van der Waals surface area contributed by atoms with Crippen molar-refractivity contribution in [1.82, 2.24) is 0 Å². The summed E-state index contributed by atoms with van der Waals surface area (Å²) in [5, 5.41) is 1.22. The normalized spacial score (nSPS) is 12.7. The van der Waals surface area contributed by atoms with E-state index >= 15 is 0 Å². The van der Waals surface area contributed by atoms with E-state index in [1.807, 2.05) is 24.3 Å². The second-order valence-corrected chi connectivity index (χ2v) is 7.56. The van der Waals surface area contributed by atoms with Crippen LogP contribution in [0, 0.1) is 0 Å². The van der Waals surface area contributed by atoms with Crippen LogP contribution in [-0.4, -0.2) is 0 Å². The highest BCUT2D eigenvalue weighted by Crippen LogP contribution is 2.43. The molecule has 0 saturated heterocycles. The van der Waals surface area contributed by atoms with Gasteiger partial charge in [0.1, 0.15) is 23.2 Å². The molecule has 1 aliphatic rings. The van der Waals surface area contributed by atoms with Gasteiger partial charge >= 0.3 is 0 Å². The molecule has 0 bridgehead atoms. The Labute approximate surface area is 162 Å². The molecule has 0 amide bonds. The zero-order valence-electron chi connectivity index (χ0n) is 14.9. The van der Waals surface area contributed by atoms with E-state index in [1.54, 1.807) is 11.3 Å². The van der Waals surface area contributed by atoms with E-state index in [2.05, 4.69) is 78.4 Å². The van der Waals surface area contributed by atoms with Gasteiger partial charge in [0.15, 0.2) is 0 Å². The van der Waals surface area contributed by atoms with Crippen LogP contribution >= 0.6 is 11.3 Å². The van der Waals surface area contributed by atoms with E-state index in [4.69, 9.17) is 4.74 Å². The summed E-state index contributed by atoms with van der Waals surface area (Å²) in [7, 11) is 2.12. The number of aryl methyl sites for hydroxylation is 1. The van der Waals surface area contributed by atoms with Crippen molar-refractivity contribution in [2.75, 3.05) is 0 Å². The lowest BCUT2D eigenvalue weighted by Gasteiger charge is -2.22. The van der Waals surface area contributed by atoms with Crippen LogP contribution in [-0.2, 0) is 7.05 Å². The largest absolute Gasteiger partial charge is 0.456 e. The first kappa shape index (κ1) is 16.0. The maximum absolute atomic E-state index is 6.06. The van der Waals surface area contributed by atoms with Gasteiger partial charge in [-0.25, -0.2) is 0 Å². The Morgan fingerprint density at radius 1 is 0.815 bits per heavy atom. The van der Waals surface area contributed by atoms with Crippen molar-refractivity contribution in [1.29, 1.82) is 0 Å². The summed E-state index contributed by atoms with van der Waals surface area (Å²) in [4.78, 5) is 0. The Balaban J connectivity index is 1.59. The maximum atomic E-state index is 6.06. The summed E-state index contributed by atoms with van der Waals surface area (Å²) < 4.78 is 9.60. The van der Waals surface area contributed by atoms with Crippen molar-refractivity contribution in [2.24, 2.45) is 7.05 Å². The Morgan fingerprint density at radius 3 is 2.15 bits per heavy atom. The molecule has 3 heteroatoms. The van der Waals surface area contributed by atoms with E-state index in [1.165, 1.54) is 20.8 Å². The molecule has 130 valence electrons. The number of hydrogen-bond acceptors (Lipinski definition) is 2. The minimum Gasteiger partial charge on any atom is -0.456 e. The highest BCUT2D eigenvalue weighted by molar-refractivity contribution is 7.18. The van der Waals surface area contributed by atoms with Crippen molar-refractivity contribution in [2.45, 2.75) is 0 Å². The summed E-state index contributed by atoms with van der Waals surface area (Å²) in [6, 6.07) is 24.9. The Bertz CT molecular complexity index is 1170. The molecule has 0 aliphatic carbocycles. The van der Waals surface area contributed by atoms with Gasteiger partial charge in [0.25, 0.3) is 5.01 Å². The smallest absolute Gasteiger partial charge is 0.262 e. The van der Waals surface area contributed by atoms with Crippen LogP contribution in [0.2, 0.25) is 0 Å². The average Bonchev–Trinajstić information content (AvgIpc) is 3.03. The van der Waals surface area contributed by atoms with Gasteiger partial charge < -0.3 is 4.74 Å². The predicted octanol–water partition coefficient (Wildman–Crippen LogP) is 5.98. The zero-order chi connectivity index (χ0) is 18.2. The second-order valence-electron chi connectivity index (χ2n) is 6.50. The first-order valence-corrected chi connectivity index (χ1v) is 9.75. The predicted molar refractivity (Wildman–Crippen MR) is 112 cm³/mol. The van der Waals surface area contributed by atoms with Crippen molar-refractivity contribution in [3.8, 4) is 11.5 Å². The molecular formula is C24H18NOS+. The quantitative estimate of drug-likeness (QED) is 0.350. The molecule has 2 heterocycles. The molecule has 5 rings (SSSR count). The lowest BCUT2D eigenvalue weighted by molar-refractivity contribution is -0.642. The summed E-state index contributed by atoms with van der Waals surface area (Å²) in [5.41, 5.74) is 4.70. The fraction of sp³-hybridized carbons (Fsp3) is 0.0417. The van der Waals surface area contributed by atoms with E-state index in [-0.39, 0.29) is 0 Å². The lowest BCUT2D eigenvalue weighted by Crippen LogP contribution is -2.28. The number of hydrogen-bond donors (Lipinski definition) is 0. The summed E-state index contributed by atoms with van der Waals surface area (Å²) in [6.07, 6.45) is 6.50. The third-order valence-electron chi connectivity index (χ3n) is 4.85. The number of benzene rings is 3. The number of thiazole rings is 1. The first-order valence-electron chi connectivity index (χ1n) is 8.94. The number of rotatable bonds is 2. The molecule has 1 aliphatic heterocycles. The molecule has 2 nitrogen and oxygen atoms in total. The first-order chi connectivity index (χ1) is 13.3. The van der Waals surface area contributed by atoms with E-state index in [9.17, 15) is 0 Å². The Hall–Kier alpha value is -3.17. The van der Waals surface area contributed by atoms with Crippen molar-refractivity contribution >= 4 is 33.2 Å². The van der Waals surface area contributed by atoms with Crippen LogP contribution in [0.15, 0.2) is 84.9 Å².